The van der Waals surface area contributed by atoms with Gasteiger partial charge < -0.3 is 5.11 Å². The number of phenols is 1. The van der Waals surface area contributed by atoms with Crippen LogP contribution in [0.4, 0.5) is 0 Å². The third-order valence-electron chi connectivity index (χ3n) is 3.10. The number of hydrazone groups is 1. The number of hydrogen-bond acceptors (Lipinski definition) is 3. The van der Waals surface area contributed by atoms with Crippen molar-refractivity contribution in [3.8, 4) is 5.75 Å². The summed E-state index contributed by atoms with van der Waals surface area (Å²) in [5, 5.41) is 13.5. The van der Waals surface area contributed by atoms with Crippen LogP contribution in [0.5, 0.6) is 5.75 Å². The van der Waals surface area contributed by atoms with Crippen molar-refractivity contribution in [3.05, 3.63) is 65.7 Å². The zero-order valence-corrected chi connectivity index (χ0v) is 11.9. The zero-order valence-electron chi connectivity index (χ0n) is 11.9. The minimum atomic E-state index is -0.127. The molecule has 1 amide bonds. The normalized spacial score (nSPS) is 11.2. The van der Waals surface area contributed by atoms with E-state index in [1.54, 1.807) is 25.1 Å². The molecule has 2 N–H and O–H groups in total. The number of phenolic OH excluding ortho intramolecular Hbond substituents is 1. The Morgan fingerprint density at radius 2 is 1.90 bits per heavy atom. The SMILES string of the molecule is CC(=NNC(=O)CCc1ccccc1)c1cccc(O)c1. The van der Waals surface area contributed by atoms with Crippen molar-refractivity contribution in [2.75, 3.05) is 0 Å². The van der Waals surface area contributed by atoms with E-state index in [4.69, 9.17) is 0 Å². The first kappa shape index (κ1) is 14.8. The predicted molar refractivity (Wildman–Crippen MR) is 83.2 cm³/mol. The molecule has 0 saturated heterocycles. The van der Waals surface area contributed by atoms with Gasteiger partial charge in [0.2, 0.25) is 5.91 Å². The topological polar surface area (TPSA) is 61.7 Å². The number of nitrogens with zero attached hydrogens (tertiary/aromatic N) is 1. The number of hydrogen-bond donors (Lipinski definition) is 2. The van der Waals surface area contributed by atoms with Gasteiger partial charge in [0.05, 0.1) is 5.71 Å². The number of carbonyl (C=O) groups is 1. The summed E-state index contributed by atoms with van der Waals surface area (Å²) in [6, 6.07) is 16.6. The van der Waals surface area contributed by atoms with Crippen LogP contribution in [0.25, 0.3) is 0 Å². The molecule has 0 heterocycles. The van der Waals surface area contributed by atoms with Gasteiger partial charge in [-0.25, -0.2) is 5.43 Å². The van der Waals surface area contributed by atoms with Gasteiger partial charge in [0.1, 0.15) is 5.75 Å². The molecular formula is C17H18N2O2. The van der Waals surface area contributed by atoms with E-state index >= 15 is 0 Å². The summed E-state index contributed by atoms with van der Waals surface area (Å²) in [7, 11) is 0. The maximum absolute atomic E-state index is 11.8. The number of rotatable bonds is 5. The van der Waals surface area contributed by atoms with Gasteiger partial charge >= 0.3 is 0 Å². The highest BCUT2D eigenvalue weighted by Gasteiger charge is 2.03. The summed E-state index contributed by atoms with van der Waals surface area (Å²) >= 11 is 0. The lowest BCUT2D eigenvalue weighted by molar-refractivity contribution is -0.121. The lowest BCUT2D eigenvalue weighted by Crippen LogP contribution is -2.19. The molecule has 0 saturated carbocycles. The van der Waals surface area contributed by atoms with E-state index in [0.29, 0.717) is 18.6 Å². The van der Waals surface area contributed by atoms with E-state index in [2.05, 4.69) is 10.5 Å². The lowest BCUT2D eigenvalue weighted by Gasteiger charge is -2.04. The summed E-state index contributed by atoms with van der Waals surface area (Å²) in [5.74, 6) is 0.0517. The third-order valence-corrected chi connectivity index (χ3v) is 3.10. The molecule has 0 unspecified atom stereocenters. The average Bonchev–Trinajstić information content (AvgIpc) is 2.51. The van der Waals surface area contributed by atoms with Gasteiger partial charge in [-0.05, 0) is 31.0 Å². The minimum Gasteiger partial charge on any atom is -0.508 e. The quantitative estimate of drug-likeness (QED) is 0.654. The highest BCUT2D eigenvalue weighted by Crippen LogP contribution is 2.11. The molecule has 0 aromatic heterocycles. The number of nitrogens with one attached hydrogen (secondary N) is 1. The molecule has 2 aromatic rings. The smallest absolute Gasteiger partial charge is 0.240 e. The lowest BCUT2D eigenvalue weighted by atomic mass is 10.1. The van der Waals surface area contributed by atoms with Gasteiger partial charge in [-0.2, -0.15) is 5.10 Å². The van der Waals surface area contributed by atoms with Crippen molar-refractivity contribution in [2.24, 2.45) is 5.10 Å². The van der Waals surface area contributed by atoms with Crippen LogP contribution in [0.3, 0.4) is 0 Å². The van der Waals surface area contributed by atoms with Crippen LogP contribution in [-0.4, -0.2) is 16.7 Å². The van der Waals surface area contributed by atoms with Crippen molar-refractivity contribution in [3.63, 3.8) is 0 Å². The summed E-state index contributed by atoms with van der Waals surface area (Å²) in [6.07, 6.45) is 1.08. The first-order valence-electron chi connectivity index (χ1n) is 6.81. The predicted octanol–water partition coefficient (Wildman–Crippen LogP) is 2.87. The van der Waals surface area contributed by atoms with Crippen molar-refractivity contribution in [1.29, 1.82) is 0 Å². The van der Waals surface area contributed by atoms with E-state index in [0.717, 1.165) is 11.1 Å². The standard InChI is InChI=1S/C17H18N2O2/c1-13(15-8-5-9-16(20)12-15)18-19-17(21)11-10-14-6-3-2-4-7-14/h2-9,12,20H,10-11H2,1H3,(H,19,21). The molecular weight excluding hydrogens is 264 g/mol. The highest BCUT2D eigenvalue weighted by molar-refractivity contribution is 5.99. The van der Waals surface area contributed by atoms with E-state index in [-0.39, 0.29) is 11.7 Å². The molecule has 0 aliphatic carbocycles. The molecule has 0 aliphatic heterocycles. The number of aryl methyl sites for hydroxylation is 1. The fourth-order valence-electron chi connectivity index (χ4n) is 1.90. The van der Waals surface area contributed by atoms with Crippen LogP contribution in [0.15, 0.2) is 59.7 Å². The fourth-order valence-corrected chi connectivity index (χ4v) is 1.90. The molecule has 4 heteroatoms. The Morgan fingerprint density at radius 3 is 2.62 bits per heavy atom. The van der Waals surface area contributed by atoms with Crippen LogP contribution >= 0.6 is 0 Å². The fraction of sp³-hybridized carbons (Fsp3) is 0.176. The van der Waals surface area contributed by atoms with Gasteiger partial charge in [0.25, 0.3) is 0 Å². The largest absolute Gasteiger partial charge is 0.508 e. The van der Waals surface area contributed by atoms with Crippen molar-refractivity contribution in [1.82, 2.24) is 5.43 Å². The summed E-state index contributed by atoms with van der Waals surface area (Å²) in [4.78, 5) is 11.8. The Hall–Kier alpha value is -2.62. The average molecular weight is 282 g/mol. The molecule has 108 valence electrons. The van der Waals surface area contributed by atoms with Gasteiger partial charge in [-0.1, -0.05) is 42.5 Å². The first-order chi connectivity index (χ1) is 10.1. The number of amides is 1. The third kappa shape index (κ3) is 4.76. The molecule has 21 heavy (non-hydrogen) atoms. The number of aromatic hydroxyl groups is 1. The molecule has 0 fully saturated rings. The van der Waals surface area contributed by atoms with Crippen molar-refractivity contribution in [2.45, 2.75) is 19.8 Å². The van der Waals surface area contributed by atoms with Crippen LogP contribution in [0, 0.1) is 0 Å². The summed E-state index contributed by atoms with van der Waals surface area (Å²) in [6.45, 7) is 1.78. The second kappa shape index (κ2) is 7.24. The molecule has 0 aliphatic rings. The molecule has 0 spiro atoms. The molecule has 4 nitrogen and oxygen atoms in total. The first-order valence-corrected chi connectivity index (χ1v) is 6.81. The van der Waals surface area contributed by atoms with Crippen LogP contribution < -0.4 is 5.43 Å². The molecule has 0 radical (unpaired) electrons. The summed E-state index contributed by atoms with van der Waals surface area (Å²) < 4.78 is 0. The van der Waals surface area contributed by atoms with Crippen LogP contribution in [0.1, 0.15) is 24.5 Å². The van der Waals surface area contributed by atoms with Crippen LogP contribution in [0.2, 0.25) is 0 Å². The van der Waals surface area contributed by atoms with E-state index in [1.807, 2.05) is 36.4 Å². The molecule has 2 aromatic carbocycles. The Morgan fingerprint density at radius 1 is 1.14 bits per heavy atom. The van der Waals surface area contributed by atoms with Gasteiger partial charge in [0, 0.05) is 12.0 Å². The minimum absolute atomic E-state index is 0.127. The monoisotopic (exact) mass is 282 g/mol. The Bertz CT molecular complexity index is 636. The maximum Gasteiger partial charge on any atom is 0.240 e. The van der Waals surface area contributed by atoms with Crippen LogP contribution in [-0.2, 0) is 11.2 Å². The van der Waals surface area contributed by atoms with Crippen molar-refractivity contribution < 1.29 is 9.90 Å². The molecule has 2 rings (SSSR count). The van der Waals surface area contributed by atoms with Crippen molar-refractivity contribution >= 4 is 11.6 Å². The molecule has 0 atom stereocenters. The maximum atomic E-state index is 11.8. The second-order valence-electron chi connectivity index (χ2n) is 4.77. The van der Waals surface area contributed by atoms with E-state index < -0.39 is 0 Å². The highest BCUT2D eigenvalue weighted by atomic mass is 16.3. The summed E-state index contributed by atoms with van der Waals surface area (Å²) in [5.41, 5.74) is 5.09. The zero-order chi connectivity index (χ0) is 15.1. The van der Waals surface area contributed by atoms with Gasteiger partial charge in [-0.15, -0.1) is 0 Å². The Labute approximate surface area is 124 Å². The van der Waals surface area contributed by atoms with Gasteiger partial charge in [-0.3, -0.25) is 4.79 Å². The second-order valence-corrected chi connectivity index (χ2v) is 4.77. The molecule has 0 bridgehead atoms. The van der Waals surface area contributed by atoms with E-state index in [9.17, 15) is 9.90 Å². The van der Waals surface area contributed by atoms with E-state index in [1.165, 1.54) is 0 Å². The Kier molecular flexibility index (Phi) is 5.10. The number of carbonyl (C=O) groups excluding carboxylic acids is 1. The van der Waals surface area contributed by atoms with Gasteiger partial charge in [0.15, 0.2) is 0 Å². The Balaban J connectivity index is 1.87. The number of benzene rings is 2.